The molecular formula is C15H20N4O6. The number of carbonyl (C=O) groups is 2. The van der Waals surface area contributed by atoms with E-state index in [1.807, 2.05) is 0 Å². The number of esters is 1. The topological polar surface area (TPSA) is 123 Å². The van der Waals surface area contributed by atoms with Crippen LogP contribution in [-0.4, -0.2) is 64.0 Å². The number of carbonyl (C=O) groups excluding carboxylic acids is 2. The number of aromatic nitrogens is 2. The van der Waals surface area contributed by atoms with Gasteiger partial charge >= 0.3 is 11.7 Å². The van der Waals surface area contributed by atoms with Crippen LogP contribution < -0.4 is 11.0 Å². The van der Waals surface area contributed by atoms with Crippen LogP contribution in [0.4, 0.5) is 5.82 Å². The number of hydrogen-bond acceptors (Lipinski definition) is 8. The number of likely N-dealkylation sites (N-methyl/N-ethyl adjacent to an activating group) is 1. The molecule has 1 aliphatic heterocycles. The van der Waals surface area contributed by atoms with Crippen LogP contribution in [0.2, 0.25) is 0 Å². The zero-order chi connectivity index (χ0) is 18.6. The molecular weight excluding hydrogens is 332 g/mol. The number of ether oxygens (including phenoxy) is 1. The van der Waals surface area contributed by atoms with Crippen LogP contribution in [0, 0.1) is 0 Å². The van der Waals surface area contributed by atoms with Crippen LogP contribution in [0.25, 0.3) is 6.20 Å². The highest BCUT2D eigenvalue weighted by Crippen LogP contribution is 2.27. The molecule has 0 bridgehead atoms. The summed E-state index contributed by atoms with van der Waals surface area (Å²) in [5.41, 5.74) is -0.299. The van der Waals surface area contributed by atoms with Crippen molar-refractivity contribution in [3.05, 3.63) is 28.3 Å². The minimum Gasteiger partial charge on any atom is -0.465 e. The molecule has 0 spiro atoms. The smallest absolute Gasteiger partial charge is 0.353 e. The summed E-state index contributed by atoms with van der Waals surface area (Å²) in [4.78, 5) is 44.4. The summed E-state index contributed by atoms with van der Waals surface area (Å²) in [6, 6.07) is 0.547. The second-order valence-electron chi connectivity index (χ2n) is 5.29. The van der Waals surface area contributed by atoms with Crippen molar-refractivity contribution in [1.82, 2.24) is 14.6 Å². The van der Waals surface area contributed by atoms with Crippen LogP contribution >= 0.6 is 0 Å². The van der Waals surface area contributed by atoms with E-state index in [9.17, 15) is 19.5 Å². The highest BCUT2D eigenvalue weighted by molar-refractivity contribution is 5.87. The number of hydroxylamine groups is 2. The fourth-order valence-electron chi connectivity index (χ4n) is 2.43. The van der Waals surface area contributed by atoms with Crippen LogP contribution in [0.3, 0.4) is 0 Å². The molecule has 0 aromatic carbocycles. The van der Waals surface area contributed by atoms with Crippen molar-refractivity contribution in [2.75, 3.05) is 25.6 Å². The number of anilines is 1. The van der Waals surface area contributed by atoms with E-state index in [0.29, 0.717) is 5.57 Å². The standard InChI is InChI=1S/C15H20N4O6/c1-4-24-14(22)13-10(11(8-20)25-18(13)3)7-19-6-5-12(16-9(2)21)17-15(19)23/h5-7,11,13,20H,4,8H2,1-3H3,(H,16,17,21,23)/b10-7+/t11-,13+/m0/s1. The highest BCUT2D eigenvalue weighted by Gasteiger charge is 2.41. The van der Waals surface area contributed by atoms with Gasteiger partial charge in [0.25, 0.3) is 0 Å². The fraction of sp³-hybridized carbons (Fsp3) is 0.467. The number of rotatable bonds is 5. The van der Waals surface area contributed by atoms with Gasteiger partial charge in [0, 0.05) is 31.9 Å². The average molecular weight is 352 g/mol. The second kappa shape index (κ2) is 8.01. The summed E-state index contributed by atoms with van der Waals surface area (Å²) in [6.07, 6.45) is 1.97. The maximum absolute atomic E-state index is 12.2. The number of aliphatic hydroxyl groups is 1. The summed E-state index contributed by atoms with van der Waals surface area (Å²) in [7, 11) is 1.53. The Morgan fingerprint density at radius 2 is 2.24 bits per heavy atom. The number of aliphatic hydroxyl groups excluding tert-OH is 1. The van der Waals surface area contributed by atoms with Gasteiger partial charge in [-0.15, -0.1) is 0 Å². The zero-order valence-electron chi connectivity index (χ0n) is 14.1. The monoisotopic (exact) mass is 352 g/mol. The third-order valence-electron chi connectivity index (χ3n) is 3.44. The number of nitrogens with one attached hydrogen (secondary N) is 1. The number of hydrogen-bond donors (Lipinski definition) is 2. The molecule has 0 saturated carbocycles. The molecule has 1 aromatic heterocycles. The van der Waals surface area contributed by atoms with Gasteiger partial charge in [0.15, 0.2) is 6.04 Å². The van der Waals surface area contributed by atoms with Gasteiger partial charge in [-0.05, 0) is 13.0 Å². The van der Waals surface area contributed by atoms with E-state index in [1.54, 1.807) is 6.92 Å². The predicted molar refractivity (Wildman–Crippen MR) is 87.2 cm³/mol. The van der Waals surface area contributed by atoms with Crippen molar-refractivity contribution >= 4 is 23.9 Å². The summed E-state index contributed by atoms with van der Waals surface area (Å²) in [6.45, 7) is 2.79. The van der Waals surface area contributed by atoms with Gasteiger partial charge in [0.05, 0.1) is 13.2 Å². The fourth-order valence-corrected chi connectivity index (χ4v) is 2.43. The number of nitrogens with zero attached hydrogens (tertiary/aromatic N) is 3. The van der Waals surface area contributed by atoms with Crippen molar-refractivity contribution in [3.8, 4) is 0 Å². The Labute approximate surface area is 143 Å². The van der Waals surface area contributed by atoms with E-state index in [1.165, 1.54) is 37.5 Å². The molecule has 2 heterocycles. The predicted octanol–water partition coefficient (Wildman–Crippen LogP) is -0.788. The van der Waals surface area contributed by atoms with Crippen LogP contribution in [0.1, 0.15) is 13.8 Å². The van der Waals surface area contributed by atoms with Crippen molar-refractivity contribution in [2.24, 2.45) is 0 Å². The largest absolute Gasteiger partial charge is 0.465 e. The van der Waals surface area contributed by atoms with Gasteiger partial charge in [-0.1, -0.05) is 0 Å². The maximum Gasteiger partial charge on any atom is 0.353 e. The molecule has 10 heteroatoms. The lowest BCUT2D eigenvalue weighted by Gasteiger charge is -2.16. The molecule has 0 radical (unpaired) electrons. The second-order valence-corrected chi connectivity index (χ2v) is 5.29. The average Bonchev–Trinajstić information content (AvgIpc) is 2.85. The summed E-state index contributed by atoms with van der Waals surface area (Å²) >= 11 is 0. The molecule has 1 amide bonds. The molecule has 25 heavy (non-hydrogen) atoms. The summed E-state index contributed by atoms with van der Waals surface area (Å²) < 4.78 is 6.15. The van der Waals surface area contributed by atoms with Crippen molar-refractivity contribution < 1.29 is 24.3 Å². The lowest BCUT2D eigenvalue weighted by molar-refractivity contribution is -0.175. The van der Waals surface area contributed by atoms with Crippen molar-refractivity contribution in [2.45, 2.75) is 26.0 Å². The lowest BCUT2D eigenvalue weighted by Crippen LogP contribution is -2.35. The Bertz CT molecular complexity index is 744. The van der Waals surface area contributed by atoms with E-state index >= 15 is 0 Å². The molecule has 2 N–H and O–H groups in total. The first-order valence-corrected chi connectivity index (χ1v) is 7.62. The molecule has 136 valence electrons. The van der Waals surface area contributed by atoms with Gasteiger partial charge in [-0.25, -0.2) is 9.59 Å². The summed E-state index contributed by atoms with van der Waals surface area (Å²) in [5.74, 6) is -0.785. The van der Waals surface area contributed by atoms with E-state index in [0.717, 1.165) is 4.57 Å². The minimum absolute atomic E-state index is 0.118. The Kier molecular flexibility index (Phi) is 6.02. The van der Waals surface area contributed by atoms with Crippen LogP contribution in [-0.2, 0) is 19.2 Å². The SMILES string of the molecule is CCOC(=O)[C@H]1/C(=C/n2ccc(NC(C)=O)nc2=O)[C@H](CO)ON1C. The van der Waals surface area contributed by atoms with Crippen molar-refractivity contribution in [1.29, 1.82) is 0 Å². The minimum atomic E-state index is -0.890. The van der Waals surface area contributed by atoms with Gasteiger partial charge in [0.2, 0.25) is 5.91 Å². The first kappa shape index (κ1) is 18.8. The van der Waals surface area contributed by atoms with Gasteiger partial charge < -0.3 is 15.2 Å². The zero-order valence-corrected chi connectivity index (χ0v) is 14.1. The van der Waals surface area contributed by atoms with E-state index in [-0.39, 0.29) is 24.9 Å². The van der Waals surface area contributed by atoms with Crippen molar-refractivity contribution in [3.63, 3.8) is 0 Å². The Morgan fingerprint density at radius 3 is 2.80 bits per heavy atom. The lowest BCUT2D eigenvalue weighted by atomic mass is 10.0. The molecule has 1 aliphatic rings. The first-order valence-electron chi connectivity index (χ1n) is 7.62. The molecule has 2 atom stereocenters. The van der Waals surface area contributed by atoms with E-state index < -0.39 is 23.8 Å². The quantitative estimate of drug-likeness (QED) is 0.661. The Morgan fingerprint density at radius 1 is 1.52 bits per heavy atom. The molecule has 2 rings (SSSR count). The molecule has 0 unspecified atom stereocenters. The normalized spacial score (nSPS) is 22.2. The molecule has 1 aromatic rings. The van der Waals surface area contributed by atoms with Gasteiger partial charge in [-0.3, -0.25) is 14.2 Å². The van der Waals surface area contributed by atoms with E-state index in [4.69, 9.17) is 9.57 Å². The van der Waals surface area contributed by atoms with Crippen LogP contribution in [0.5, 0.6) is 0 Å². The molecule has 10 nitrogen and oxygen atoms in total. The third-order valence-corrected chi connectivity index (χ3v) is 3.44. The van der Waals surface area contributed by atoms with Crippen LogP contribution in [0.15, 0.2) is 22.6 Å². The molecule has 0 aliphatic carbocycles. The summed E-state index contributed by atoms with van der Waals surface area (Å²) in [5, 5.41) is 13.2. The maximum atomic E-state index is 12.2. The van der Waals surface area contributed by atoms with Gasteiger partial charge in [-0.2, -0.15) is 10.0 Å². The first-order chi connectivity index (χ1) is 11.9. The Balaban J connectivity index is 2.39. The van der Waals surface area contributed by atoms with E-state index in [2.05, 4.69) is 10.3 Å². The molecule has 1 saturated heterocycles. The third kappa shape index (κ3) is 4.29. The highest BCUT2D eigenvalue weighted by atomic mass is 16.7. The number of amides is 1. The van der Waals surface area contributed by atoms with Gasteiger partial charge in [0.1, 0.15) is 11.9 Å². The molecule has 1 fully saturated rings. The Hall–Kier alpha value is -2.56.